The van der Waals surface area contributed by atoms with Crippen LogP contribution in [0.15, 0.2) is 40.6 Å². The summed E-state index contributed by atoms with van der Waals surface area (Å²) in [5, 5.41) is 4.47. The Kier molecular flexibility index (Phi) is 4.92. The van der Waals surface area contributed by atoms with Crippen molar-refractivity contribution >= 4 is 33.0 Å². The lowest BCUT2D eigenvalue weighted by molar-refractivity contribution is 0.0952. The summed E-state index contributed by atoms with van der Waals surface area (Å²) in [6, 6.07) is 8.14. The molecule has 0 radical (unpaired) electrons. The predicted molar refractivity (Wildman–Crippen MR) is 102 cm³/mol. The molecule has 144 valence electrons. The maximum atomic E-state index is 14.0. The number of para-hydroxylation sites is 1. The smallest absolute Gasteiger partial charge is 0.262 e. The number of hydrogen-bond donors (Lipinski definition) is 1. The van der Waals surface area contributed by atoms with Gasteiger partial charge in [0.05, 0.1) is 5.69 Å². The number of anilines is 1. The van der Waals surface area contributed by atoms with Crippen LogP contribution in [-0.2, 0) is 10.0 Å². The van der Waals surface area contributed by atoms with E-state index in [1.165, 1.54) is 16.4 Å². The molecular weight excluding hydrogens is 389 g/mol. The molecule has 2 fully saturated rings. The first kappa shape index (κ1) is 18.4. The van der Waals surface area contributed by atoms with Crippen molar-refractivity contribution in [1.82, 2.24) is 9.62 Å². The van der Waals surface area contributed by atoms with E-state index >= 15 is 0 Å². The molecule has 2 aliphatic rings. The first-order chi connectivity index (χ1) is 13.0. The highest BCUT2D eigenvalue weighted by Gasteiger charge is 2.34. The molecule has 2 heterocycles. The summed E-state index contributed by atoms with van der Waals surface area (Å²) in [5.41, 5.74) is 0.481. The standard InChI is InChI=1S/C18H20FN3O3S2/c19-14-3-1-2-4-15(14)21-8-10-22(11-9-21)27(24,25)16-7-12-26-17(16)18(23)20-13-5-6-13/h1-4,7,12-13H,5-6,8-11H2,(H,20,23). The number of piperazine rings is 1. The lowest BCUT2D eigenvalue weighted by Gasteiger charge is -2.35. The van der Waals surface area contributed by atoms with Gasteiger partial charge in [-0.3, -0.25) is 4.79 Å². The van der Waals surface area contributed by atoms with Gasteiger partial charge in [-0.2, -0.15) is 4.31 Å². The minimum Gasteiger partial charge on any atom is -0.367 e. The highest BCUT2D eigenvalue weighted by Crippen LogP contribution is 2.28. The molecule has 1 aromatic carbocycles. The molecule has 4 rings (SSSR count). The first-order valence-corrected chi connectivity index (χ1v) is 11.2. The number of thiophene rings is 1. The number of nitrogens with one attached hydrogen (secondary N) is 1. The fourth-order valence-electron chi connectivity index (χ4n) is 3.16. The van der Waals surface area contributed by atoms with Gasteiger partial charge in [-0.1, -0.05) is 12.1 Å². The van der Waals surface area contributed by atoms with Crippen molar-refractivity contribution in [2.24, 2.45) is 0 Å². The molecule has 27 heavy (non-hydrogen) atoms. The van der Waals surface area contributed by atoms with Gasteiger partial charge in [0.25, 0.3) is 5.91 Å². The molecule has 1 N–H and O–H groups in total. The highest BCUT2D eigenvalue weighted by molar-refractivity contribution is 7.89. The summed E-state index contributed by atoms with van der Waals surface area (Å²) >= 11 is 1.14. The summed E-state index contributed by atoms with van der Waals surface area (Å²) in [6.07, 6.45) is 1.88. The van der Waals surface area contributed by atoms with E-state index < -0.39 is 10.0 Å². The Bertz CT molecular complexity index is 948. The van der Waals surface area contributed by atoms with Crippen LogP contribution in [0.1, 0.15) is 22.5 Å². The molecule has 0 atom stereocenters. The van der Waals surface area contributed by atoms with E-state index in [1.54, 1.807) is 23.6 Å². The maximum absolute atomic E-state index is 14.0. The third kappa shape index (κ3) is 3.71. The van der Waals surface area contributed by atoms with E-state index in [2.05, 4.69) is 5.32 Å². The molecular formula is C18H20FN3O3S2. The third-order valence-corrected chi connectivity index (χ3v) is 7.78. The lowest BCUT2D eigenvalue weighted by Crippen LogP contribution is -2.49. The number of carbonyl (C=O) groups excluding carboxylic acids is 1. The molecule has 1 saturated heterocycles. The summed E-state index contributed by atoms with van der Waals surface area (Å²) in [5.74, 6) is -0.637. The zero-order valence-electron chi connectivity index (χ0n) is 14.6. The zero-order valence-corrected chi connectivity index (χ0v) is 16.2. The van der Waals surface area contributed by atoms with Crippen molar-refractivity contribution in [1.29, 1.82) is 0 Å². The number of hydrogen-bond acceptors (Lipinski definition) is 5. The molecule has 6 nitrogen and oxygen atoms in total. The number of nitrogens with zero attached hydrogens (tertiary/aromatic N) is 2. The van der Waals surface area contributed by atoms with E-state index in [0.29, 0.717) is 18.8 Å². The number of halogens is 1. The van der Waals surface area contributed by atoms with Crippen LogP contribution in [0.4, 0.5) is 10.1 Å². The van der Waals surface area contributed by atoms with Gasteiger partial charge in [0.15, 0.2) is 0 Å². The molecule has 1 aliphatic heterocycles. The van der Waals surface area contributed by atoms with Crippen LogP contribution in [0.25, 0.3) is 0 Å². The van der Waals surface area contributed by atoms with Crippen molar-refractivity contribution in [3.63, 3.8) is 0 Å². The largest absolute Gasteiger partial charge is 0.367 e. The Morgan fingerprint density at radius 2 is 1.81 bits per heavy atom. The number of carbonyl (C=O) groups is 1. The van der Waals surface area contributed by atoms with Crippen LogP contribution >= 0.6 is 11.3 Å². The van der Waals surface area contributed by atoms with Crippen molar-refractivity contribution in [3.8, 4) is 0 Å². The quantitative estimate of drug-likeness (QED) is 0.823. The topological polar surface area (TPSA) is 69.7 Å². The monoisotopic (exact) mass is 409 g/mol. The van der Waals surface area contributed by atoms with Crippen LogP contribution in [0.2, 0.25) is 0 Å². The summed E-state index contributed by atoms with van der Waals surface area (Å²) in [4.78, 5) is 14.5. The molecule has 9 heteroatoms. The first-order valence-electron chi connectivity index (χ1n) is 8.85. The Balaban J connectivity index is 1.49. The lowest BCUT2D eigenvalue weighted by atomic mass is 10.2. The van der Waals surface area contributed by atoms with Crippen LogP contribution in [-0.4, -0.2) is 50.9 Å². The Hall–Kier alpha value is -1.97. The minimum absolute atomic E-state index is 0.0602. The Morgan fingerprint density at radius 3 is 2.48 bits per heavy atom. The van der Waals surface area contributed by atoms with Crippen molar-refractivity contribution in [2.75, 3.05) is 31.1 Å². The Labute approximate surface area is 161 Å². The third-order valence-electron chi connectivity index (χ3n) is 4.80. The number of benzene rings is 1. The van der Waals surface area contributed by atoms with Crippen molar-refractivity contribution in [2.45, 2.75) is 23.8 Å². The van der Waals surface area contributed by atoms with Gasteiger partial charge in [0, 0.05) is 32.2 Å². The van der Waals surface area contributed by atoms with E-state index in [9.17, 15) is 17.6 Å². The Morgan fingerprint density at radius 1 is 1.11 bits per heavy atom. The molecule has 1 aliphatic carbocycles. The van der Waals surface area contributed by atoms with E-state index in [1.807, 2.05) is 4.90 Å². The van der Waals surface area contributed by atoms with Crippen LogP contribution in [0, 0.1) is 5.82 Å². The van der Waals surface area contributed by atoms with Crippen LogP contribution < -0.4 is 10.2 Å². The number of amides is 1. The summed E-state index contributed by atoms with van der Waals surface area (Å²) in [7, 11) is -3.76. The van der Waals surface area contributed by atoms with Gasteiger partial charge < -0.3 is 10.2 Å². The second-order valence-electron chi connectivity index (χ2n) is 6.70. The SMILES string of the molecule is O=C(NC1CC1)c1sccc1S(=O)(=O)N1CCN(c2ccccc2F)CC1. The van der Waals surface area contributed by atoms with Crippen molar-refractivity contribution in [3.05, 3.63) is 46.4 Å². The molecule has 1 saturated carbocycles. The number of sulfonamides is 1. The number of rotatable bonds is 5. The van der Waals surface area contributed by atoms with E-state index in [4.69, 9.17) is 0 Å². The zero-order chi connectivity index (χ0) is 19.0. The van der Waals surface area contributed by atoms with Gasteiger partial charge in [-0.15, -0.1) is 11.3 Å². The van der Waals surface area contributed by atoms with Gasteiger partial charge in [0.1, 0.15) is 15.6 Å². The van der Waals surface area contributed by atoms with Crippen molar-refractivity contribution < 1.29 is 17.6 Å². The fraction of sp³-hybridized carbons (Fsp3) is 0.389. The molecule has 0 spiro atoms. The molecule has 2 aromatic rings. The van der Waals surface area contributed by atoms with Gasteiger partial charge in [-0.25, -0.2) is 12.8 Å². The molecule has 0 bridgehead atoms. The highest BCUT2D eigenvalue weighted by atomic mass is 32.2. The second kappa shape index (κ2) is 7.21. The van der Waals surface area contributed by atoms with E-state index in [-0.39, 0.29) is 40.6 Å². The average molecular weight is 410 g/mol. The molecule has 0 unspecified atom stereocenters. The molecule has 1 amide bonds. The second-order valence-corrected chi connectivity index (χ2v) is 9.53. The van der Waals surface area contributed by atoms with Gasteiger partial charge >= 0.3 is 0 Å². The molecule has 1 aromatic heterocycles. The summed E-state index contributed by atoms with van der Waals surface area (Å²) in [6.45, 7) is 1.29. The van der Waals surface area contributed by atoms with Gasteiger partial charge in [0.2, 0.25) is 10.0 Å². The van der Waals surface area contributed by atoms with E-state index in [0.717, 1.165) is 24.2 Å². The average Bonchev–Trinajstić information content (AvgIpc) is 3.33. The maximum Gasteiger partial charge on any atom is 0.262 e. The fourth-order valence-corrected chi connectivity index (χ4v) is 5.89. The summed E-state index contributed by atoms with van der Waals surface area (Å²) < 4.78 is 41.4. The van der Waals surface area contributed by atoms with Crippen LogP contribution in [0.3, 0.4) is 0 Å². The predicted octanol–water partition coefficient (Wildman–Crippen LogP) is 2.29. The van der Waals surface area contributed by atoms with Gasteiger partial charge in [-0.05, 0) is 36.4 Å². The van der Waals surface area contributed by atoms with Crippen LogP contribution in [0.5, 0.6) is 0 Å². The minimum atomic E-state index is -3.76. The normalized spacial score (nSPS) is 18.5.